The van der Waals surface area contributed by atoms with Crippen molar-refractivity contribution in [3.63, 3.8) is 0 Å². The Kier molecular flexibility index (Phi) is 6.67. The number of hydrogen-bond donors (Lipinski definition) is 0. The van der Waals surface area contributed by atoms with Crippen LogP contribution in [0, 0.1) is 10.1 Å². The van der Waals surface area contributed by atoms with Gasteiger partial charge in [0, 0.05) is 38.2 Å². The molecule has 0 aliphatic carbocycles. The smallest absolute Gasteiger partial charge is 0.336 e. The first-order chi connectivity index (χ1) is 12.9. The van der Waals surface area contributed by atoms with Crippen LogP contribution in [0.1, 0.15) is 11.5 Å². The molecule has 1 aromatic rings. The fraction of sp³-hybridized carbons (Fsp3) is 0.333. The Morgan fingerprint density at radius 1 is 1.11 bits per heavy atom. The Labute approximate surface area is 156 Å². The van der Waals surface area contributed by atoms with Gasteiger partial charge in [-0.1, -0.05) is 12.1 Å². The van der Waals surface area contributed by atoms with Gasteiger partial charge in [-0.05, 0) is 5.56 Å². The summed E-state index contributed by atoms with van der Waals surface area (Å²) < 4.78 is 14.7. The molecule has 0 amide bonds. The standard InChI is InChI=1S/C18H20N2O7/c1-25-8-7-19-10-14(17(21)26-2)16(15(11-19)18(22)27-3)12-5-4-6-13(9-12)20(23)24/h4-6,9-11,16H,7-8H2,1-3H3. The van der Waals surface area contributed by atoms with Gasteiger partial charge in [0.15, 0.2) is 0 Å². The number of nitro benzene ring substituents is 1. The Morgan fingerprint density at radius 3 is 2.19 bits per heavy atom. The van der Waals surface area contributed by atoms with E-state index < -0.39 is 22.8 Å². The Bertz CT molecular complexity index is 767. The van der Waals surface area contributed by atoms with Gasteiger partial charge in [0.1, 0.15) is 0 Å². The highest BCUT2D eigenvalue weighted by Crippen LogP contribution is 2.38. The van der Waals surface area contributed by atoms with Crippen LogP contribution in [0.3, 0.4) is 0 Å². The molecule has 27 heavy (non-hydrogen) atoms. The summed E-state index contributed by atoms with van der Waals surface area (Å²) >= 11 is 0. The van der Waals surface area contributed by atoms with E-state index in [2.05, 4.69) is 0 Å². The van der Waals surface area contributed by atoms with E-state index in [0.717, 1.165) is 0 Å². The quantitative estimate of drug-likeness (QED) is 0.402. The van der Waals surface area contributed by atoms with Gasteiger partial charge in [-0.2, -0.15) is 0 Å². The van der Waals surface area contributed by atoms with Crippen molar-refractivity contribution in [3.05, 3.63) is 63.5 Å². The van der Waals surface area contributed by atoms with Gasteiger partial charge in [-0.15, -0.1) is 0 Å². The van der Waals surface area contributed by atoms with Crippen molar-refractivity contribution in [1.29, 1.82) is 0 Å². The minimum Gasteiger partial charge on any atom is -0.466 e. The minimum absolute atomic E-state index is 0.150. The first-order valence-electron chi connectivity index (χ1n) is 8.02. The van der Waals surface area contributed by atoms with Crippen molar-refractivity contribution in [2.75, 3.05) is 34.5 Å². The van der Waals surface area contributed by atoms with Gasteiger partial charge >= 0.3 is 11.9 Å². The molecule has 0 saturated heterocycles. The highest BCUT2D eigenvalue weighted by Gasteiger charge is 2.35. The van der Waals surface area contributed by atoms with E-state index in [4.69, 9.17) is 14.2 Å². The molecule has 0 atom stereocenters. The van der Waals surface area contributed by atoms with Gasteiger partial charge in [-0.3, -0.25) is 10.1 Å². The second-order valence-electron chi connectivity index (χ2n) is 5.67. The molecule has 1 aliphatic heterocycles. The van der Waals surface area contributed by atoms with E-state index in [9.17, 15) is 19.7 Å². The van der Waals surface area contributed by atoms with Gasteiger partial charge < -0.3 is 19.1 Å². The summed E-state index contributed by atoms with van der Waals surface area (Å²) in [6, 6.07) is 5.76. The molecule has 0 N–H and O–H groups in total. The lowest BCUT2D eigenvalue weighted by Crippen LogP contribution is -2.30. The molecule has 0 radical (unpaired) electrons. The summed E-state index contributed by atoms with van der Waals surface area (Å²) in [7, 11) is 3.98. The van der Waals surface area contributed by atoms with Crippen molar-refractivity contribution >= 4 is 17.6 Å². The summed E-state index contributed by atoms with van der Waals surface area (Å²) in [5, 5.41) is 11.1. The molecular weight excluding hydrogens is 356 g/mol. The van der Waals surface area contributed by atoms with Crippen molar-refractivity contribution in [2.24, 2.45) is 0 Å². The van der Waals surface area contributed by atoms with E-state index in [1.807, 2.05) is 0 Å². The monoisotopic (exact) mass is 376 g/mol. The number of hydrogen-bond acceptors (Lipinski definition) is 8. The molecule has 9 heteroatoms. The van der Waals surface area contributed by atoms with E-state index >= 15 is 0 Å². The average Bonchev–Trinajstić information content (AvgIpc) is 2.70. The molecule has 2 rings (SSSR count). The molecule has 0 saturated carbocycles. The highest BCUT2D eigenvalue weighted by molar-refractivity contribution is 5.98. The fourth-order valence-electron chi connectivity index (χ4n) is 2.79. The lowest BCUT2D eigenvalue weighted by atomic mass is 9.83. The van der Waals surface area contributed by atoms with Crippen LogP contribution in [0.4, 0.5) is 5.69 Å². The largest absolute Gasteiger partial charge is 0.466 e. The molecule has 0 bridgehead atoms. The number of carbonyl (C=O) groups excluding carboxylic acids is 2. The fourth-order valence-corrected chi connectivity index (χ4v) is 2.79. The first kappa shape index (κ1) is 20.1. The zero-order chi connectivity index (χ0) is 20.0. The van der Waals surface area contributed by atoms with E-state index in [-0.39, 0.29) is 16.8 Å². The van der Waals surface area contributed by atoms with Crippen LogP contribution in [0.2, 0.25) is 0 Å². The SMILES string of the molecule is COCCN1C=C(C(=O)OC)C(c2cccc([N+](=O)[O-])c2)C(C(=O)OC)=C1. The van der Waals surface area contributed by atoms with Crippen LogP contribution in [-0.2, 0) is 23.8 Å². The lowest BCUT2D eigenvalue weighted by molar-refractivity contribution is -0.384. The Balaban J connectivity index is 2.59. The molecule has 1 aliphatic rings. The number of nitro groups is 1. The molecule has 0 unspecified atom stereocenters. The third kappa shape index (κ3) is 4.50. The number of esters is 2. The van der Waals surface area contributed by atoms with Crippen molar-refractivity contribution < 1.29 is 28.7 Å². The maximum Gasteiger partial charge on any atom is 0.336 e. The predicted octanol–water partition coefficient (Wildman–Crippen LogP) is 1.75. The summed E-state index contributed by atoms with van der Waals surface area (Å²) in [5.41, 5.74) is 0.584. The second kappa shape index (κ2) is 8.95. The molecule has 1 aromatic carbocycles. The van der Waals surface area contributed by atoms with E-state index in [1.165, 1.54) is 39.5 Å². The molecule has 1 heterocycles. The first-order valence-corrected chi connectivity index (χ1v) is 8.02. The molecule has 0 spiro atoms. The summed E-state index contributed by atoms with van der Waals surface area (Å²) in [4.78, 5) is 37.0. The van der Waals surface area contributed by atoms with Crippen molar-refractivity contribution in [1.82, 2.24) is 4.90 Å². The average molecular weight is 376 g/mol. The Hall–Kier alpha value is -3.20. The molecule has 0 fully saturated rings. The number of benzene rings is 1. The molecular formula is C18H20N2O7. The summed E-state index contributed by atoms with van der Waals surface area (Å²) in [6.45, 7) is 0.747. The van der Waals surface area contributed by atoms with Crippen LogP contribution in [-0.4, -0.2) is 56.2 Å². The predicted molar refractivity (Wildman–Crippen MR) is 94.6 cm³/mol. The third-order valence-corrected chi connectivity index (χ3v) is 4.04. The van der Waals surface area contributed by atoms with Crippen molar-refractivity contribution in [2.45, 2.75) is 5.92 Å². The van der Waals surface area contributed by atoms with Crippen LogP contribution >= 0.6 is 0 Å². The summed E-state index contributed by atoms with van der Waals surface area (Å²) in [5.74, 6) is -2.16. The second-order valence-corrected chi connectivity index (χ2v) is 5.67. The number of rotatable bonds is 7. The van der Waals surface area contributed by atoms with Crippen LogP contribution in [0.15, 0.2) is 47.8 Å². The van der Waals surface area contributed by atoms with Crippen LogP contribution in [0.25, 0.3) is 0 Å². The number of non-ortho nitro benzene ring substituents is 1. The molecule has 144 valence electrons. The molecule has 0 aromatic heterocycles. The van der Waals surface area contributed by atoms with Gasteiger partial charge in [-0.25, -0.2) is 9.59 Å². The normalized spacial score (nSPS) is 14.3. The number of carbonyl (C=O) groups is 2. The minimum atomic E-state index is -0.858. The summed E-state index contributed by atoms with van der Waals surface area (Å²) in [6.07, 6.45) is 3.08. The number of nitrogens with zero attached hydrogens (tertiary/aromatic N) is 2. The van der Waals surface area contributed by atoms with Gasteiger partial charge in [0.05, 0.1) is 42.8 Å². The zero-order valence-electron chi connectivity index (χ0n) is 15.2. The maximum absolute atomic E-state index is 12.4. The third-order valence-electron chi connectivity index (χ3n) is 4.04. The number of ether oxygens (including phenoxy) is 3. The van der Waals surface area contributed by atoms with Gasteiger partial charge in [0.2, 0.25) is 0 Å². The Morgan fingerprint density at radius 2 is 1.70 bits per heavy atom. The van der Waals surface area contributed by atoms with Gasteiger partial charge in [0.25, 0.3) is 5.69 Å². The lowest BCUT2D eigenvalue weighted by Gasteiger charge is -2.29. The van der Waals surface area contributed by atoms with E-state index in [0.29, 0.717) is 18.7 Å². The maximum atomic E-state index is 12.4. The van der Waals surface area contributed by atoms with Crippen LogP contribution in [0.5, 0.6) is 0 Å². The zero-order valence-corrected chi connectivity index (χ0v) is 15.2. The van der Waals surface area contributed by atoms with E-state index in [1.54, 1.807) is 23.4 Å². The highest BCUT2D eigenvalue weighted by atomic mass is 16.6. The molecule has 9 nitrogen and oxygen atoms in total. The van der Waals surface area contributed by atoms with Crippen molar-refractivity contribution in [3.8, 4) is 0 Å². The number of methoxy groups -OCH3 is 3. The van der Waals surface area contributed by atoms with Crippen LogP contribution < -0.4 is 0 Å². The topological polar surface area (TPSA) is 108 Å².